The third kappa shape index (κ3) is 2.94. The Morgan fingerprint density at radius 3 is 2.71 bits per heavy atom. The summed E-state index contributed by atoms with van der Waals surface area (Å²) in [6.45, 7) is 9.97. The van der Waals surface area contributed by atoms with Gasteiger partial charge in [-0.25, -0.2) is 14.6 Å². The normalized spacial score (nSPS) is 48.3. The molecular weight excluding hydrogens is 364 g/mol. The van der Waals surface area contributed by atoms with E-state index in [4.69, 9.17) is 19.2 Å². The molecule has 5 rings (SSSR count). The zero-order valence-corrected chi connectivity index (χ0v) is 17.2. The first-order valence-corrected chi connectivity index (χ1v) is 10.4. The molecule has 28 heavy (non-hydrogen) atoms. The van der Waals surface area contributed by atoms with Crippen LogP contribution in [0.3, 0.4) is 0 Å². The standard InChI is InChI=1S/C21H32O7/c1-11-6-7-15-12(2)17(10-16(22)13(3)18(23)24-5)25-19-21(15)14(11)8-9-20(4,26-19)27-28-21/h11-12,14-17,19,22H,3,6-10H2,1-2,4-5H3/t11-,12-,14+,15+,16-,17-,19-,20+,21?/m1/s1. The third-order valence-corrected chi connectivity index (χ3v) is 7.60. The average Bonchev–Trinajstić information content (AvgIpc) is 2.90. The molecular formula is C21H32O7. The van der Waals surface area contributed by atoms with Gasteiger partial charge in [-0.15, -0.1) is 0 Å². The first-order valence-electron chi connectivity index (χ1n) is 10.4. The lowest BCUT2D eigenvalue weighted by Crippen LogP contribution is -2.70. The zero-order valence-electron chi connectivity index (χ0n) is 17.2. The second kappa shape index (κ2) is 7.06. The van der Waals surface area contributed by atoms with Crippen LogP contribution in [0.4, 0.5) is 0 Å². The lowest BCUT2D eigenvalue weighted by Gasteiger charge is -2.60. The summed E-state index contributed by atoms with van der Waals surface area (Å²) in [6.07, 6.45) is 2.27. The van der Waals surface area contributed by atoms with E-state index in [0.29, 0.717) is 11.8 Å². The van der Waals surface area contributed by atoms with Crippen LogP contribution in [0, 0.1) is 23.7 Å². The highest BCUT2D eigenvalue weighted by Gasteiger charge is 2.69. The number of esters is 1. The van der Waals surface area contributed by atoms with Gasteiger partial charge in [0.25, 0.3) is 0 Å². The average molecular weight is 396 g/mol. The minimum atomic E-state index is -1.03. The van der Waals surface area contributed by atoms with Crippen LogP contribution in [-0.4, -0.2) is 48.1 Å². The van der Waals surface area contributed by atoms with Gasteiger partial charge in [-0.1, -0.05) is 20.4 Å². The summed E-state index contributed by atoms with van der Waals surface area (Å²) in [5.41, 5.74) is -0.572. The molecule has 158 valence electrons. The number of methoxy groups -OCH3 is 1. The van der Waals surface area contributed by atoms with Gasteiger partial charge in [-0.05, 0) is 43.9 Å². The molecule has 5 aliphatic rings. The molecule has 7 heteroatoms. The van der Waals surface area contributed by atoms with Crippen LogP contribution in [0.25, 0.3) is 0 Å². The number of hydrogen-bond acceptors (Lipinski definition) is 7. The lowest BCUT2D eigenvalue weighted by atomic mass is 9.57. The summed E-state index contributed by atoms with van der Waals surface area (Å²) in [6, 6.07) is 0. The van der Waals surface area contributed by atoms with Crippen LogP contribution in [-0.2, 0) is 28.8 Å². The fraction of sp³-hybridized carbons (Fsp3) is 0.857. The molecule has 0 aromatic rings. The molecule has 0 aromatic carbocycles. The highest BCUT2D eigenvalue weighted by atomic mass is 17.3. The molecule has 4 saturated heterocycles. The predicted octanol–water partition coefficient (Wildman–Crippen LogP) is 2.72. The summed E-state index contributed by atoms with van der Waals surface area (Å²) in [7, 11) is 1.28. The molecule has 4 aliphatic heterocycles. The van der Waals surface area contributed by atoms with Crippen molar-refractivity contribution in [3.8, 4) is 0 Å². The monoisotopic (exact) mass is 396 g/mol. The highest BCUT2D eigenvalue weighted by molar-refractivity contribution is 5.88. The second-order valence-corrected chi connectivity index (χ2v) is 9.21. The molecule has 2 bridgehead atoms. The molecule has 1 aliphatic carbocycles. The van der Waals surface area contributed by atoms with Gasteiger partial charge >= 0.3 is 5.97 Å². The van der Waals surface area contributed by atoms with Crippen molar-refractivity contribution in [1.82, 2.24) is 0 Å². The Kier molecular flexibility index (Phi) is 5.11. The number of ether oxygens (including phenoxy) is 3. The van der Waals surface area contributed by atoms with Crippen LogP contribution in [0.1, 0.15) is 52.9 Å². The summed E-state index contributed by atoms with van der Waals surface area (Å²) >= 11 is 0. The van der Waals surface area contributed by atoms with Gasteiger partial charge in [0.15, 0.2) is 11.9 Å². The van der Waals surface area contributed by atoms with Crippen molar-refractivity contribution in [2.24, 2.45) is 23.7 Å². The van der Waals surface area contributed by atoms with Crippen LogP contribution < -0.4 is 0 Å². The number of carbonyl (C=O) groups excluding carboxylic acids is 1. The highest BCUT2D eigenvalue weighted by Crippen LogP contribution is 2.60. The van der Waals surface area contributed by atoms with Gasteiger partial charge in [0, 0.05) is 18.8 Å². The van der Waals surface area contributed by atoms with Gasteiger partial charge in [0.05, 0.1) is 24.9 Å². The Labute approximate surface area is 166 Å². The van der Waals surface area contributed by atoms with Crippen LogP contribution in [0.2, 0.25) is 0 Å². The third-order valence-electron chi connectivity index (χ3n) is 7.60. The van der Waals surface area contributed by atoms with Crippen molar-refractivity contribution in [2.75, 3.05) is 7.11 Å². The smallest absolute Gasteiger partial charge is 0.335 e. The Balaban J connectivity index is 1.61. The molecule has 1 N–H and O–H groups in total. The van der Waals surface area contributed by atoms with Crippen molar-refractivity contribution in [3.63, 3.8) is 0 Å². The molecule has 5 fully saturated rings. The Morgan fingerprint density at radius 1 is 1.25 bits per heavy atom. The SMILES string of the molecule is C=C(C(=O)OC)[C@H](O)C[C@H]1O[C@@H]2O[C@]3(C)CC[C@H]4[C@H](C)CC[C@@H]([C@H]1C)C24OO3. The van der Waals surface area contributed by atoms with E-state index in [2.05, 4.69) is 25.2 Å². The van der Waals surface area contributed by atoms with E-state index in [-0.39, 0.29) is 29.9 Å². The van der Waals surface area contributed by atoms with E-state index < -0.39 is 29.8 Å². The predicted molar refractivity (Wildman–Crippen MR) is 98.6 cm³/mol. The number of aliphatic hydroxyl groups excluding tert-OH is 1. The van der Waals surface area contributed by atoms with Gasteiger partial charge in [0.1, 0.15) is 0 Å². The summed E-state index contributed by atoms with van der Waals surface area (Å²) < 4.78 is 17.4. The maximum Gasteiger partial charge on any atom is 0.335 e. The number of fused-ring (bicyclic) bond motifs is 2. The lowest BCUT2D eigenvalue weighted by molar-refractivity contribution is -0.571. The van der Waals surface area contributed by atoms with Gasteiger partial charge < -0.3 is 19.3 Å². The topological polar surface area (TPSA) is 83.5 Å². The van der Waals surface area contributed by atoms with Crippen LogP contribution in [0.5, 0.6) is 0 Å². The number of aliphatic hydroxyl groups is 1. The number of hydrogen-bond donors (Lipinski definition) is 1. The van der Waals surface area contributed by atoms with E-state index in [9.17, 15) is 9.90 Å². The molecule has 0 aromatic heterocycles. The largest absolute Gasteiger partial charge is 0.466 e. The van der Waals surface area contributed by atoms with Crippen LogP contribution >= 0.6 is 0 Å². The molecule has 7 nitrogen and oxygen atoms in total. The van der Waals surface area contributed by atoms with Gasteiger partial charge in [0.2, 0.25) is 5.79 Å². The quantitative estimate of drug-likeness (QED) is 0.444. The number of rotatable bonds is 4. The van der Waals surface area contributed by atoms with E-state index in [1.165, 1.54) is 7.11 Å². The fourth-order valence-electron chi connectivity index (χ4n) is 5.88. The fourth-order valence-corrected chi connectivity index (χ4v) is 5.88. The summed E-state index contributed by atoms with van der Waals surface area (Å²) in [4.78, 5) is 23.6. The maximum absolute atomic E-state index is 11.7. The van der Waals surface area contributed by atoms with Gasteiger partial charge in [-0.2, -0.15) is 0 Å². The number of carbonyl (C=O) groups is 1. The molecule has 0 amide bonds. The Hall–Kier alpha value is -0.990. The van der Waals surface area contributed by atoms with Crippen molar-refractivity contribution in [2.45, 2.75) is 82.8 Å². The minimum absolute atomic E-state index is 0.0450. The van der Waals surface area contributed by atoms with Crippen molar-refractivity contribution in [1.29, 1.82) is 0 Å². The minimum Gasteiger partial charge on any atom is -0.466 e. The van der Waals surface area contributed by atoms with E-state index in [0.717, 1.165) is 25.7 Å². The first-order chi connectivity index (χ1) is 13.2. The van der Waals surface area contributed by atoms with E-state index in [1.54, 1.807) is 0 Å². The first kappa shape index (κ1) is 20.3. The molecule has 4 heterocycles. The zero-order chi connectivity index (χ0) is 20.3. The molecule has 0 radical (unpaired) electrons. The van der Waals surface area contributed by atoms with E-state index >= 15 is 0 Å². The summed E-state index contributed by atoms with van der Waals surface area (Å²) in [5.74, 6) is -0.313. The molecule has 1 saturated carbocycles. The Bertz CT molecular complexity index is 651. The summed E-state index contributed by atoms with van der Waals surface area (Å²) in [5, 5.41) is 10.5. The maximum atomic E-state index is 11.7. The van der Waals surface area contributed by atoms with Crippen molar-refractivity contribution >= 4 is 5.97 Å². The Morgan fingerprint density at radius 2 is 2.00 bits per heavy atom. The molecule has 1 unspecified atom stereocenters. The van der Waals surface area contributed by atoms with Gasteiger partial charge in [-0.3, -0.25) is 0 Å². The van der Waals surface area contributed by atoms with Crippen LogP contribution in [0.15, 0.2) is 12.2 Å². The van der Waals surface area contributed by atoms with E-state index in [1.807, 2.05) is 6.92 Å². The molecule has 9 atom stereocenters. The van der Waals surface area contributed by atoms with Crippen molar-refractivity contribution < 1.29 is 33.9 Å². The molecule has 1 spiro atoms. The second-order valence-electron chi connectivity index (χ2n) is 9.21. The van der Waals surface area contributed by atoms with Crippen molar-refractivity contribution in [3.05, 3.63) is 12.2 Å².